The molecule has 3 heteroatoms. The summed E-state index contributed by atoms with van der Waals surface area (Å²) in [6.07, 6.45) is 0. The van der Waals surface area contributed by atoms with Gasteiger partial charge in [0.05, 0.1) is 0 Å². The summed E-state index contributed by atoms with van der Waals surface area (Å²) in [4.78, 5) is 14.0. The van der Waals surface area contributed by atoms with E-state index in [2.05, 4.69) is 40.7 Å². The second kappa shape index (κ2) is 4.81. The number of anilines is 1. The lowest BCUT2D eigenvalue weighted by molar-refractivity contribution is 0.101. The van der Waals surface area contributed by atoms with Crippen LogP contribution in [0.1, 0.15) is 31.1 Å². The predicted octanol–water partition coefficient (Wildman–Crippen LogP) is 3.74. The monoisotopic (exact) mass is 295 g/mol. The van der Waals surface area contributed by atoms with Crippen molar-refractivity contribution >= 4 is 27.4 Å². The highest BCUT2D eigenvalue weighted by molar-refractivity contribution is 9.10. The molecule has 0 saturated carbocycles. The van der Waals surface area contributed by atoms with Crippen LogP contribution in [0, 0.1) is 11.8 Å². The van der Waals surface area contributed by atoms with Crippen LogP contribution in [-0.4, -0.2) is 18.9 Å². The van der Waals surface area contributed by atoms with E-state index in [0.717, 1.165) is 28.8 Å². The van der Waals surface area contributed by atoms with Gasteiger partial charge in [-0.3, -0.25) is 4.79 Å². The molecular formula is C14H18BrNO. The summed E-state index contributed by atoms with van der Waals surface area (Å²) in [5.74, 6) is 1.52. The molecule has 92 valence electrons. The van der Waals surface area contributed by atoms with Crippen LogP contribution in [0.4, 0.5) is 5.69 Å². The van der Waals surface area contributed by atoms with Crippen LogP contribution >= 0.6 is 15.9 Å². The van der Waals surface area contributed by atoms with Gasteiger partial charge in [-0.15, -0.1) is 0 Å². The average Bonchev–Trinajstić information content (AvgIpc) is 2.58. The van der Waals surface area contributed by atoms with Crippen LogP contribution in [0.3, 0.4) is 0 Å². The van der Waals surface area contributed by atoms with E-state index in [1.165, 1.54) is 0 Å². The second-order valence-corrected chi connectivity index (χ2v) is 5.99. The fraction of sp³-hybridized carbons (Fsp3) is 0.500. The number of hydrogen-bond donors (Lipinski definition) is 0. The van der Waals surface area contributed by atoms with Crippen molar-refractivity contribution in [2.45, 2.75) is 20.8 Å². The molecule has 2 nitrogen and oxygen atoms in total. The van der Waals surface area contributed by atoms with E-state index < -0.39 is 0 Å². The first-order valence-electron chi connectivity index (χ1n) is 6.04. The maximum Gasteiger partial charge on any atom is 0.161 e. The molecule has 2 atom stereocenters. The molecule has 0 spiro atoms. The van der Waals surface area contributed by atoms with Crippen molar-refractivity contribution in [3.63, 3.8) is 0 Å². The fourth-order valence-corrected chi connectivity index (χ4v) is 2.74. The number of ketones is 1. The zero-order chi connectivity index (χ0) is 12.6. The van der Waals surface area contributed by atoms with Gasteiger partial charge in [-0.05, 0) is 37.0 Å². The molecule has 0 amide bonds. The van der Waals surface area contributed by atoms with Crippen LogP contribution in [-0.2, 0) is 0 Å². The van der Waals surface area contributed by atoms with Gasteiger partial charge in [-0.25, -0.2) is 0 Å². The van der Waals surface area contributed by atoms with Gasteiger partial charge < -0.3 is 4.90 Å². The van der Waals surface area contributed by atoms with Gasteiger partial charge in [0.15, 0.2) is 5.78 Å². The van der Waals surface area contributed by atoms with Crippen LogP contribution in [0.5, 0.6) is 0 Å². The highest BCUT2D eigenvalue weighted by Gasteiger charge is 2.28. The van der Waals surface area contributed by atoms with Crippen molar-refractivity contribution in [2.75, 3.05) is 18.0 Å². The summed E-state index contributed by atoms with van der Waals surface area (Å²) < 4.78 is 1.03. The summed E-state index contributed by atoms with van der Waals surface area (Å²) in [6, 6.07) is 5.90. The topological polar surface area (TPSA) is 20.3 Å². The minimum Gasteiger partial charge on any atom is -0.370 e. The SMILES string of the molecule is CC(=O)c1ccc(Br)cc1N1CC(C)C(C)C1. The third-order valence-electron chi connectivity index (χ3n) is 3.67. The number of rotatable bonds is 2. The first-order chi connectivity index (χ1) is 7.99. The number of carbonyl (C=O) groups is 1. The van der Waals surface area contributed by atoms with Crippen LogP contribution < -0.4 is 4.90 Å². The van der Waals surface area contributed by atoms with E-state index in [-0.39, 0.29) is 5.78 Å². The maximum absolute atomic E-state index is 11.7. The van der Waals surface area contributed by atoms with Gasteiger partial charge in [0.25, 0.3) is 0 Å². The number of hydrogen-bond acceptors (Lipinski definition) is 2. The molecule has 1 aromatic carbocycles. The zero-order valence-corrected chi connectivity index (χ0v) is 12.1. The van der Waals surface area contributed by atoms with E-state index in [4.69, 9.17) is 0 Å². The Hall–Kier alpha value is -0.830. The molecule has 1 aliphatic rings. The molecule has 1 heterocycles. The van der Waals surface area contributed by atoms with E-state index in [1.807, 2.05) is 12.1 Å². The number of benzene rings is 1. The normalized spacial score (nSPS) is 24.1. The molecular weight excluding hydrogens is 278 g/mol. The lowest BCUT2D eigenvalue weighted by Crippen LogP contribution is -2.21. The standard InChI is InChI=1S/C14H18BrNO/c1-9-7-16(8-10(9)2)14-6-12(15)4-5-13(14)11(3)17/h4-6,9-10H,7-8H2,1-3H3. The Kier molecular flexibility index (Phi) is 3.57. The quantitative estimate of drug-likeness (QED) is 0.775. The Balaban J connectivity index is 2.37. The Bertz CT molecular complexity index is 434. The van der Waals surface area contributed by atoms with Crippen LogP contribution in [0.25, 0.3) is 0 Å². The largest absolute Gasteiger partial charge is 0.370 e. The fourth-order valence-electron chi connectivity index (χ4n) is 2.39. The molecule has 1 saturated heterocycles. The first-order valence-corrected chi connectivity index (χ1v) is 6.83. The summed E-state index contributed by atoms with van der Waals surface area (Å²) in [7, 11) is 0. The lowest BCUT2D eigenvalue weighted by atomic mass is 10.0. The molecule has 2 rings (SSSR count). The predicted molar refractivity (Wildman–Crippen MR) is 74.7 cm³/mol. The molecule has 1 aliphatic heterocycles. The summed E-state index contributed by atoms with van der Waals surface area (Å²) in [5, 5.41) is 0. The van der Waals surface area contributed by atoms with Crippen molar-refractivity contribution < 1.29 is 4.79 Å². The Labute approximate surface area is 111 Å². The van der Waals surface area contributed by atoms with Crippen LogP contribution in [0.15, 0.2) is 22.7 Å². The van der Waals surface area contributed by atoms with Crippen molar-refractivity contribution in [1.82, 2.24) is 0 Å². The maximum atomic E-state index is 11.7. The smallest absolute Gasteiger partial charge is 0.161 e. The number of carbonyl (C=O) groups excluding carboxylic acids is 1. The van der Waals surface area contributed by atoms with Crippen molar-refractivity contribution in [1.29, 1.82) is 0 Å². The summed E-state index contributed by atoms with van der Waals surface area (Å²) >= 11 is 3.48. The molecule has 0 radical (unpaired) electrons. The molecule has 0 aromatic heterocycles. The summed E-state index contributed by atoms with van der Waals surface area (Å²) in [5.41, 5.74) is 1.90. The molecule has 0 bridgehead atoms. The van der Waals surface area contributed by atoms with Gasteiger partial charge in [-0.2, -0.15) is 0 Å². The molecule has 17 heavy (non-hydrogen) atoms. The number of halogens is 1. The summed E-state index contributed by atoms with van der Waals surface area (Å²) in [6.45, 7) is 8.26. The van der Waals surface area contributed by atoms with E-state index in [9.17, 15) is 4.79 Å². The third-order valence-corrected chi connectivity index (χ3v) is 4.16. The van der Waals surface area contributed by atoms with Crippen LogP contribution in [0.2, 0.25) is 0 Å². The van der Waals surface area contributed by atoms with Gasteiger partial charge in [0.1, 0.15) is 0 Å². The van der Waals surface area contributed by atoms with Gasteiger partial charge >= 0.3 is 0 Å². The van der Waals surface area contributed by atoms with E-state index in [0.29, 0.717) is 11.8 Å². The Morgan fingerprint density at radius 3 is 2.41 bits per heavy atom. The highest BCUT2D eigenvalue weighted by Crippen LogP contribution is 2.32. The second-order valence-electron chi connectivity index (χ2n) is 5.08. The third kappa shape index (κ3) is 2.54. The molecule has 2 unspecified atom stereocenters. The Morgan fingerprint density at radius 2 is 1.88 bits per heavy atom. The van der Waals surface area contributed by atoms with E-state index in [1.54, 1.807) is 6.92 Å². The minimum atomic E-state index is 0.139. The Morgan fingerprint density at radius 1 is 1.29 bits per heavy atom. The number of Topliss-reactive ketones (excluding diaryl/α,β-unsaturated/α-hetero) is 1. The molecule has 1 aromatic rings. The molecule has 1 fully saturated rings. The number of nitrogens with zero attached hydrogens (tertiary/aromatic N) is 1. The van der Waals surface area contributed by atoms with Crippen molar-refractivity contribution in [2.24, 2.45) is 11.8 Å². The highest BCUT2D eigenvalue weighted by atomic mass is 79.9. The van der Waals surface area contributed by atoms with Gasteiger partial charge in [0, 0.05) is 28.8 Å². The van der Waals surface area contributed by atoms with Gasteiger partial charge in [-0.1, -0.05) is 29.8 Å². The van der Waals surface area contributed by atoms with Crippen molar-refractivity contribution in [3.8, 4) is 0 Å². The average molecular weight is 296 g/mol. The minimum absolute atomic E-state index is 0.139. The first kappa shape index (κ1) is 12.6. The molecule has 0 N–H and O–H groups in total. The van der Waals surface area contributed by atoms with Crippen molar-refractivity contribution in [3.05, 3.63) is 28.2 Å². The van der Waals surface area contributed by atoms with E-state index >= 15 is 0 Å². The lowest BCUT2D eigenvalue weighted by Gasteiger charge is -2.21. The van der Waals surface area contributed by atoms with Gasteiger partial charge in [0.2, 0.25) is 0 Å². The zero-order valence-electron chi connectivity index (χ0n) is 10.5. The molecule has 0 aliphatic carbocycles.